The van der Waals surface area contributed by atoms with Crippen LogP contribution >= 0.6 is 0 Å². The van der Waals surface area contributed by atoms with Crippen molar-refractivity contribution in [1.82, 2.24) is 19.8 Å². The normalized spacial score (nSPS) is 11.1. The van der Waals surface area contributed by atoms with E-state index in [9.17, 15) is 0 Å². The predicted octanol–water partition coefficient (Wildman–Crippen LogP) is 1.60. The van der Waals surface area contributed by atoms with E-state index in [4.69, 9.17) is 9.47 Å². The van der Waals surface area contributed by atoms with Crippen molar-refractivity contribution in [2.45, 2.75) is 6.92 Å². The first-order valence-corrected chi connectivity index (χ1v) is 5.47. The molecule has 2 heterocycles. The molecule has 0 spiro atoms. The van der Waals surface area contributed by atoms with Crippen molar-refractivity contribution >= 4 is 16.4 Å². The Bertz CT molecular complexity index is 736. The van der Waals surface area contributed by atoms with Crippen molar-refractivity contribution in [3.63, 3.8) is 0 Å². The Balaban J connectivity index is 2.43. The number of benzene rings is 1. The minimum atomic E-state index is 0.666. The van der Waals surface area contributed by atoms with Crippen LogP contribution in [0.4, 0.5) is 0 Å². The highest BCUT2D eigenvalue weighted by atomic mass is 16.5. The molecule has 0 fully saturated rings. The van der Waals surface area contributed by atoms with Gasteiger partial charge in [-0.05, 0) is 19.1 Å². The molecule has 18 heavy (non-hydrogen) atoms. The van der Waals surface area contributed by atoms with Gasteiger partial charge in [-0.3, -0.25) is 0 Å². The standard InChI is InChI=1S/C12H12N4O2/c1-7-14-15-12-9-5-11(18-3)10(17-2)4-8(9)6-13-16(7)12/h4-6H,1-3H3. The van der Waals surface area contributed by atoms with Crippen LogP contribution in [0.3, 0.4) is 0 Å². The Kier molecular flexibility index (Phi) is 2.29. The van der Waals surface area contributed by atoms with Crippen LogP contribution in [0, 0.1) is 6.92 Å². The third-order valence-corrected chi connectivity index (χ3v) is 2.91. The van der Waals surface area contributed by atoms with Crippen molar-refractivity contribution < 1.29 is 9.47 Å². The average Bonchev–Trinajstić information content (AvgIpc) is 2.79. The molecule has 0 unspecified atom stereocenters. The van der Waals surface area contributed by atoms with Crippen LogP contribution in [0.25, 0.3) is 16.4 Å². The number of aromatic nitrogens is 4. The Hall–Kier alpha value is -2.37. The van der Waals surface area contributed by atoms with Crippen molar-refractivity contribution in [2.24, 2.45) is 0 Å². The molecule has 0 radical (unpaired) electrons. The summed E-state index contributed by atoms with van der Waals surface area (Å²) in [7, 11) is 3.22. The van der Waals surface area contributed by atoms with Crippen LogP contribution in [0.2, 0.25) is 0 Å². The molecule has 0 aliphatic carbocycles. The highest BCUT2D eigenvalue weighted by Gasteiger charge is 2.11. The average molecular weight is 244 g/mol. The van der Waals surface area contributed by atoms with E-state index in [0.717, 1.165) is 16.6 Å². The molecule has 0 amide bonds. The second-order valence-corrected chi connectivity index (χ2v) is 3.92. The fourth-order valence-corrected chi connectivity index (χ4v) is 1.98. The molecule has 0 aliphatic rings. The summed E-state index contributed by atoms with van der Waals surface area (Å²) in [5, 5.41) is 14.3. The molecular weight excluding hydrogens is 232 g/mol. The summed E-state index contributed by atoms with van der Waals surface area (Å²) in [4.78, 5) is 0. The maximum atomic E-state index is 5.30. The van der Waals surface area contributed by atoms with Crippen molar-refractivity contribution in [3.8, 4) is 11.5 Å². The van der Waals surface area contributed by atoms with Crippen LogP contribution in [-0.2, 0) is 0 Å². The van der Waals surface area contributed by atoms with Gasteiger partial charge in [0.2, 0.25) is 0 Å². The maximum Gasteiger partial charge on any atom is 0.185 e. The monoisotopic (exact) mass is 244 g/mol. The van der Waals surface area contributed by atoms with Crippen LogP contribution in [-0.4, -0.2) is 34.0 Å². The molecule has 0 N–H and O–H groups in total. The molecule has 0 atom stereocenters. The molecule has 3 aromatic rings. The van der Waals surface area contributed by atoms with E-state index in [1.165, 1.54) is 0 Å². The summed E-state index contributed by atoms with van der Waals surface area (Å²) < 4.78 is 12.3. The Morgan fingerprint density at radius 1 is 1.06 bits per heavy atom. The van der Waals surface area contributed by atoms with E-state index in [2.05, 4.69) is 15.3 Å². The van der Waals surface area contributed by atoms with Gasteiger partial charge in [0.1, 0.15) is 0 Å². The fourth-order valence-electron chi connectivity index (χ4n) is 1.98. The molecular formula is C12H12N4O2. The molecule has 0 bridgehead atoms. The van der Waals surface area contributed by atoms with Gasteiger partial charge in [0.05, 0.1) is 20.4 Å². The largest absolute Gasteiger partial charge is 0.493 e. The summed E-state index contributed by atoms with van der Waals surface area (Å²) in [5.41, 5.74) is 0.714. The third kappa shape index (κ3) is 1.38. The number of rotatable bonds is 2. The van der Waals surface area contributed by atoms with Crippen LogP contribution in [0.1, 0.15) is 5.82 Å². The van der Waals surface area contributed by atoms with E-state index in [1.807, 2.05) is 19.1 Å². The second kappa shape index (κ2) is 3.83. The van der Waals surface area contributed by atoms with E-state index in [1.54, 1.807) is 24.9 Å². The van der Waals surface area contributed by atoms with Gasteiger partial charge in [0, 0.05) is 10.8 Å². The van der Waals surface area contributed by atoms with E-state index in [-0.39, 0.29) is 0 Å². The van der Waals surface area contributed by atoms with Crippen LogP contribution in [0.5, 0.6) is 11.5 Å². The summed E-state index contributed by atoms with van der Waals surface area (Å²) >= 11 is 0. The quantitative estimate of drug-likeness (QED) is 0.685. The number of fused-ring (bicyclic) bond motifs is 3. The molecule has 2 aromatic heterocycles. The molecule has 92 valence electrons. The number of methoxy groups -OCH3 is 2. The number of hydrogen-bond acceptors (Lipinski definition) is 5. The third-order valence-electron chi connectivity index (χ3n) is 2.91. The first-order chi connectivity index (χ1) is 8.74. The summed E-state index contributed by atoms with van der Waals surface area (Å²) in [6.07, 6.45) is 1.76. The van der Waals surface area contributed by atoms with Gasteiger partial charge in [-0.25, -0.2) is 0 Å². The first-order valence-electron chi connectivity index (χ1n) is 5.47. The summed E-state index contributed by atoms with van der Waals surface area (Å²) in [6.45, 7) is 1.86. The molecule has 0 saturated carbocycles. The fraction of sp³-hybridized carbons (Fsp3) is 0.250. The van der Waals surface area contributed by atoms with Gasteiger partial charge < -0.3 is 9.47 Å². The highest BCUT2D eigenvalue weighted by Crippen LogP contribution is 2.33. The second-order valence-electron chi connectivity index (χ2n) is 3.92. The SMILES string of the molecule is COc1cc2cnn3c(C)nnc3c2cc1OC. The Labute approximate surface area is 103 Å². The molecule has 1 aromatic carbocycles. The minimum absolute atomic E-state index is 0.666. The zero-order chi connectivity index (χ0) is 12.7. The maximum absolute atomic E-state index is 5.30. The Morgan fingerprint density at radius 3 is 2.50 bits per heavy atom. The van der Waals surface area contributed by atoms with Gasteiger partial charge in [-0.1, -0.05) is 0 Å². The molecule has 6 nitrogen and oxygen atoms in total. The van der Waals surface area contributed by atoms with Crippen LogP contribution in [0.15, 0.2) is 18.3 Å². The van der Waals surface area contributed by atoms with Gasteiger partial charge in [-0.15, -0.1) is 10.2 Å². The lowest BCUT2D eigenvalue weighted by molar-refractivity contribution is 0.356. The number of hydrogen-bond donors (Lipinski definition) is 0. The van der Waals surface area contributed by atoms with Crippen molar-refractivity contribution in [1.29, 1.82) is 0 Å². The van der Waals surface area contributed by atoms with Crippen molar-refractivity contribution in [2.75, 3.05) is 14.2 Å². The zero-order valence-electron chi connectivity index (χ0n) is 10.3. The lowest BCUT2D eigenvalue weighted by Crippen LogP contribution is -1.96. The summed E-state index contributed by atoms with van der Waals surface area (Å²) in [5.74, 6) is 2.09. The molecule has 0 saturated heterocycles. The highest BCUT2D eigenvalue weighted by molar-refractivity contribution is 5.95. The summed E-state index contributed by atoms with van der Waals surface area (Å²) in [6, 6.07) is 3.77. The Morgan fingerprint density at radius 2 is 1.78 bits per heavy atom. The lowest BCUT2D eigenvalue weighted by Gasteiger charge is -2.09. The molecule has 0 aliphatic heterocycles. The smallest absolute Gasteiger partial charge is 0.185 e. The van der Waals surface area contributed by atoms with E-state index < -0.39 is 0 Å². The number of ether oxygens (including phenoxy) is 2. The van der Waals surface area contributed by atoms with E-state index in [0.29, 0.717) is 17.1 Å². The molecule has 3 rings (SSSR count). The zero-order valence-corrected chi connectivity index (χ0v) is 10.3. The number of nitrogens with zero attached hydrogens (tertiary/aromatic N) is 4. The van der Waals surface area contributed by atoms with Crippen LogP contribution < -0.4 is 9.47 Å². The van der Waals surface area contributed by atoms with Gasteiger partial charge in [0.15, 0.2) is 23.0 Å². The van der Waals surface area contributed by atoms with E-state index >= 15 is 0 Å². The minimum Gasteiger partial charge on any atom is -0.493 e. The topological polar surface area (TPSA) is 61.5 Å². The van der Waals surface area contributed by atoms with Crippen molar-refractivity contribution in [3.05, 3.63) is 24.2 Å². The first kappa shape index (κ1) is 10.8. The van der Waals surface area contributed by atoms with Gasteiger partial charge >= 0.3 is 0 Å². The van der Waals surface area contributed by atoms with Gasteiger partial charge in [-0.2, -0.15) is 9.61 Å². The molecule has 6 heteroatoms. The number of aryl methyl sites for hydroxylation is 1. The predicted molar refractivity (Wildman–Crippen MR) is 66.1 cm³/mol. The van der Waals surface area contributed by atoms with Gasteiger partial charge in [0.25, 0.3) is 0 Å². The lowest BCUT2D eigenvalue weighted by atomic mass is 10.1.